The maximum absolute atomic E-state index is 5.92. The molecule has 0 spiro atoms. The second kappa shape index (κ2) is 5.62. The van der Waals surface area contributed by atoms with Crippen LogP contribution in [0.15, 0.2) is 36.9 Å². The number of aryl methyl sites for hydroxylation is 2. The van der Waals surface area contributed by atoms with Gasteiger partial charge < -0.3 is 14.6 Å². The summed E-state index contributed by atoms with van der Waals surface area (Å²) in [6.07, 6.45) is 6.21. The van der Waals surface area contributed by atoms with E-state index in [1.54, 1.807) is 12.5 Å². The van der Waals surface area contributed by atoms with Gasteiger partial charge in [0.2, 0.25) is 0 Å². The molecule has 1 aromatic carbocycles. The maximum atomic E-state index is 5.92. The molecule has 3 aromatic rings. The number of rotatable bonds is 3. The molecule has 6 heteroatoms. The highest BCUT2D eigenvalue weighted by Gasteiger charge is 2.33. The molecule has 0 amide bonds. The van der Waals surface area contributed by atoms with Crippen LogP contribution in [0.25, 0.3) is 10.9 Å². The Bertz CT molecular complexity index is 839. The van der Waals surface area contributed by atoms with Gasteiger partial charge in [0.1, 0.15) is 24.1 Å². The van der Waals surface area contributed by atoms with Crippen molar-refractivity contribution in [3.63, 3.8) is 0 Å². The lowest BCUT2D eigenvalue weighted by molar-refractivity contribution is 0.0983. The summed E-state index contributed by atoms with van der Waals surface area (Å²) < 4.78 is 7.92. The highest BCUT2D eigenvalue weighted by atomic mass is 16.5. The van der Waals surface area contributed by atoms with E-state index in [4.69, 9.17) is 4.74 Å². The van der Waals surface area contributed by atoms with E-state index in [0.717, 1.165) is 41.1 Å². The fourth-order valence-electron chi connectivity index (χ4n) is 3.21. The molecule has 2 atom stereocenters. The third-order valence-electron chi connectivity index (χ3n) is 4.40. The lowest BCUT2D eigenvalue weighted by Gasteiger charge is -2.21. The van der Waals surface area contributed by atoms with Crippen LogP contribution >= 0.6 is 0 Å². The van der Waals surface area contributed by atoms with Crippen molar-refractivity contribution in [3.05, 3.63) is 48.3 Å². The molecule has 0 radical (unpaired) electrons. The molecule has 0 unspecified atom stereocenters. The van der Waals surface area contributed by atoms with Crippen molar-refractivity contribution in [2.24, 2.45) is 7.05 Å². The minimum absolute atomic E-state index is 0.0657. The quantitative estimate of drug-likeness (QED) is 0.805. The second-order valence-electron chi connectivity index (χ2n) is 5.92. The summed E-state index contributed by atoms with van der Waals surface area (Å²) in [4.78, 5) is 13.3. The Labute approximate surface area is 134 Å². The topological polar surface area (TPSA) is 64.9 Å². The smallest absolute Gasteiger partial charge is 0.139 e. The van der Waals surface area contributed by atoms with Crippen LogP contribution in [0.5, 0.6) is 0 Å². The normalized spacial score (nSPS) is 21.0. The Balaban J connectivity index is 1.69. The molecule has 1 fully saturated rings. The van der Waals surface area contributed by atoms with Crippen molar-refractivity contribution in [1.29, 1.82) is 0 Å². The molecule has 0 bridgehead atoms. The van der Waals surface area contributed by atoms with E-state index in [2.05, 4.69) is 33.3 Å². The van der Waals surface area contributed by atoms with E-state index < -0.39 is 0 Å². The predicted molar refractivity (Wildman–Crippen MR) is 88.2 cm³/mol. The Hall–Kier alpha value is -2.47. The first-order chi connectivity index (χ1) is 11.2. The van der Waals surface area contributed by atoms with E-state index in [0.29, 0.717) is 0 Å². The fourth-order valence-corrected chi connectivity index (χ4v) is 3.21. The molecule has 4 rings (SSSR count). The zero-order chi connectivity index (χ0) is 15.8. The van der Waals surface area contributed by atoms with Gasteiger partial charge in [0.15, 0.2) is 0 Å². The van der Waals surface area contributed by atoms with Crippen molar-refractivity contribution in [1.82, 2.24) is 19.5 Å². The van der Waals surface area contributed by atoms with Gasteiger partial charge in [0.25, 0.3) is 0 Å². The predicted octanol–water partition coefficient (Wildman–Crippen LogP) is 2.61. The van der Waals surface area contributed by atoms with Crippen LogP contribution in [-0.4, -0.2) is 32.2 Å². The van der Waals surface area contributed by atoms with Crippen LogP contribution in [-0.2, 0) is 11.8 Å². The SMILES string of the molecule is Cc1cccc2ncnc(N[C@H]3CCO[C@@H]3c3nccn3C)c12. The highest BCUT2D eigenvalue weighted by Crippen LogP contribution is 2.32. The number of benzene rings is 1. The molecular formula is C17H19N5O. The third-order valence-corrected chi connectivity index (χ3v) is 4.40. The summed E-state index contributed by atoms with van der Waals surface area (Å²) in [5, 5.41) is 4.63. The van der Waals surface area contributed by atoms with Crippen molar-refractivity contribution in [2.75, 3.05) is 11.9 Å². The number of aromatic nitrogens is 4. The second-order valence-corrected chi connectivity index (χ2v) is 5.92. The minimum atomic E-state index is -0.0657. The molecule has 23 heavy (non-hydrogen) atoms. The Morgan fingerprint density at radius 2 is 2.17 bits per heavy atom. The van der Waals surface area contributed by atoms with Crippen LogP contribution in [0.1, 0.15) is 23.9 Å². The Kier molecular flexibility index (Phi) is 3.46. The van der Waals surface area contributed by atoms with E-state index in [1.807, 2.05) is 29.9 Å². The molecule has 1 N–H and O–H groups in total. The lowest BCUT2D eigenvalue weighted by Crippen LogP contribution is -2.26. The molecule has 3 heterocycles. The number of fused-ring (bicyclic) bond motifs is 1. The first-order valence-electron chi connectivity index (χ1n) is 7.80. The zero-order valence-corrected chi connectivity index (χ0v) is 13.2. The maximum Gasteiger partial charge on any atom is 0.139 e. The van der Waals surface area contributed by atoms with Crippen molar-refractivity contribution in [2.45, 2.75) is 25.5 Å². The number of nitrogens with zero attached hydrogens (tertiary/aromatic N) is 4. The molecule has 1 aliphatic rings. The third kappa shape index (κ3) is 2.45. The number of hydrogen-bond donors (Lipinski definition) is 1. The number of anilines is 1. The molecule has 1 saturated heterocycles. The summed E-state index contributed by atoms with van der Waals surface area (Å²) in [5.41, 5.74) is 2.12. The van der Waals surface area contributed by atoms with Gasteiger partial charge in [-0.15, -0.1) is 0 Å². The average Bonchev–Trinajstić information content (AvgIpc) is 3.16. The molecule has 6 nitrogen and oxygen atoms in total. The summed E-state index contributed by atoms with van der Waals surface area (Å²) >= 11 is 0. The molecule has 1 aliphatic heterocycles. The summed E-state index contributed by atoms with van der Waals surface area (Å²) in [7, 11) is 1.99. The van der Waals surface area contributed by atoms with Gasteiger partial charge in [-0.2, -0.15) is 0 Å². The highest BCUT2D eigenvalue weighted by molar-refractivity contribution is 5.91. The first kappa shape index (κ1) is 14.1. The summed E-state index contributed by atoms with van der Waals surface area (Å²) in [5.74, 6) is 1.80. The van der Waals surface area contributed by atoms with E-state index >= 15 is 0 Å². The van der Waals surface area contributed by atoms with Gasteiger partial charge in [-0.05, 0) is 25.0 Å². The van der Waals surface area contributed by atoms with Crippen LogP contribution in [0.3, 0.4) is 0 Å². The minimum Gasteiger partial charge on any atom is -0.368 e. The summed E-state index contributed by atoms with van der Waals surface area (Å²) in [6.45, 7) is 2.80. The standard InChI is InChI=1S/C17H19N5O/c1-11-4-3-5-12-14(11)16(20-10-19-12)21-13-6-9-23-15(13)17-18-7-8-22(17)2/h3-5,7-8,10,13,15H,6,9H2,1-2H3,(H,19,20,21)/t13-,15-/m0/s1. The zero-order valence-electron chi connectivity index (χ0n) is 13.2. The van der Waals surface area contributed by atoms with Gasteiger partial charge >= 0.3 is 0 Å². The van der Waals surface area contributed by atoms with Crippen LogP contribution in [0, 0.1) is 6.92 Å². The van der Waals surface area contributed by atoms with Crippen LogP contribution < -0.4 is 5.32 Å². The van der Waals surface area contributed by atoms with Crippen molar-refractivity contribution < 1.29 is 4.74 Å². The number of hydrogen-bond acceptors (Lipinski definition) is 5. The van der Waals surface area contributed by atoms with Gasteiger partial charge in [-0.1, -0.05) is 12.1 Å². The number of imidazole rings is 1. The van der Waals surface area contributed by atoms with Gasteiger partial charge in [0.05, 0.1) is 11.6 Å². The molecule has 118 valence electrons. The Morgan fingerprint density at radius 3 is 3.00 bits per heavy atom. The molecular weight excluding hydrogens is 290 g/mol. The van der Waals surface area contributed by atoms with Crippen LogP contribution in [0.4, 0.5) is 5.82 Å². The average molecular weight is 309 g/mol. The molecule has 0 aliphatic carbocycles. The van der Waals surface area contributed by atoms with Gasteiger partial charge in [0, 0.05) is 31.4 Å². The van der Waals surface area contributed by atoms with E-state index in [1.165, 1.54) is 0 Å². The largest absolute Gasteiger partial charge is 0.368 e. The molecule has 0 saturated carbocycles. The number of ether oxygens (including phenoxy) is 1. The van der Waals surface area contributed by atoms with Crippen molar-refractivity contribution in [3.8, 4) is 0 Å². The monoisotopic (exact) mass is 309 g/mol. The Morgan fingerprint density at radius 1 is 1.26 bits per heavy atom. The first-order valence-corrected chi connectivity index (χ1v) is 7.80. The lowest BCUT2D eigenvalue weighted by atomic mass is 10.1. The van der Waals surface area contributed by atoms with E-state index in [-0.39, 0.29) is 12.1 Å². The van der Waals surface area contributed by atoms with E-state index in [9.17, 15) is 0 Å². The summed E-state index contributed by atoms with van der Waals surface area (Å²) in [6, 6.07) is 6.26. The van der Waals surface area contributed by atoms with Crippen molar-refractivity contribution >= 4 is 16.7 Å². The molecule has 2 aromatic heterocycles. The van der Waals surface area contributed by atoms with Gasteiger partial charge in [-0.25, -0.2) is 15.0 Å². The number of nitrogens with one attached hydrogen (secondary N) is 1. The van der Waals surface area contributed by atoms with Crippen LogP contribution in [0.2, 0.25) is 0 Å². The van der Waals surface area contributed by atoms with Gasteiger partial charge in [-0.3, -0.25) is 0 Å². The fraction of sp³-hybridized carbons (Fsp3) is 0.353.